The van der Waals surface area contributed by atoms with Crippen LogP contribution in [0.3, 0.4) is 0 Å². The number of carbonyl (C=O) groups is 1. The third-order valence-corrected chi connectivity index (χ3v) is 2.27. The molecule has 0 saturated carbocycles. The number of para-hydroxylation sites is 1. The minimum absolute atomic E-state index is 0.0114. The molecule has 0 atom stereocenters. The maximum atomic E-state index is 11.0. The lowest BCUT2D eigenvalue weighted by Crippen LogP contribution is -2.33. The molecule has 2 N–H and O–H groups in total. The summed E-state index contributed by atoms with van der Waals surface area (Å²) in [6.45, 7) is 0.651. The molecule has 1 aliphatic heterocycles. The molecule has 0 unspecified atom stereocenters. The molecule has 4 heteroatoms. The first kappa shape index (κ1) is 9.02. The van der Waals surface area contributed by atoms with E-state index < -0.39 is 0 Å². The number of hydrazine groups is 1. The number of carbonyl (C=O) groups excluding carboxylic acids is 1. The van der Waals surface area contributed by atoms with Crippen LogP contribution in [-0.2, 0) is 11.4 Å². The SMILES string of the molecule is O=C1CCN(c2ccccc2CO)N1. The number of aliphatic hydroxyl groups excluding tert-OH is 1. The minimum atomic E-state index is -0.0114. The van der Waals surface area contributed by atoms with E-state index in [0.717, 1.165) is 11.3 Å². The van der Waals surface area contributed by atoms with Crippen LogP contribution in [0, 0.1) is 0 Å². The largest absolute Gasteiger partial charge is 0.392 e. The Morgan fingerprint density at radius 2 is 2.21 bits per heavy atom. The Labute approximate surface area is 82.1 Å². The highest BCUT2D eigenvalue weighted by atomic mass is 16.3. The van der Waals surface area contributed by atoms with Gasteiger partial charge in [-0.2, -0.15) is 0 Å². The van der Waals surface area contributed by atoms with Crippen molar-refractivity contribution in [2.75, 3.05) is 11.6 Å². The summed E-state index contributed by atoms with van der Waals surface area (Å²) in [4.78, 5) is 11.0. The van der Waals surface area contributed by atoms with Gasteiger partial charge in [0.05, 0.1) is 12.3 Å². The van der Waals surface area contributed by atoms with Gasteiger partial charge in [0.25, 0.3) is 0 Å². The lowest BCUT2D eigenvalue weighted by molar-refractivity contribution is -0.119. The molecule has 2 rings (SSSR count). The van der Waals surface area contributed by atoms with E-state index in [-0.39, 0.29) is 12.5 Å². The molecule has 1 amide bonds. The fraction of sp³-hybridized carbons (Fsp3) is 0.300. The first-order valence-corrected chi connectivity index (χ1v) is 4.57. The van der Waals surface area contributed by atoms with Crippen molar-refractivity contribution in [2.45, 2.75) is 13.0 Å². The van der Waals surface area contributed by atoms with E-state index in [9.17, 15) is 4.79 Å². The van der Waals surface area contributed by atoms with Crippen LogP contribution in [0.4, 0.5) is 5.69 Å². The summed E-state index contributed by atoms with van der Waals surface area (Å²) in [5, 5.41) is 10.9. The molecule has 14 heavy (non-hydrogen) atoms. The predicted octanol–water partition coefficient (Wildman–Crippen LogP) is 0.420. The van der Waals surface area contributed by atoms with E-state index in [4.69, 9.17) is 5.11 Å². The van der Waals surface area contributed by atoms with E-state index in [1.54, 1.807) is 5.01 Å². The molecule has 0 bridgehead atoms. The molecule has 1 heterocycles. The summed E-state index contributed by atoms with van der Waals surface area (Å²) in [5.41, 5.74) is 4.43. The van der Waals surface area contributed by atoms with Crippen LogP contribution >= 0.6 is 0 Å². The number of benzene rings is 1. The number of nitrogens with zero attached hydrogens (tertiary/aromatic N) is 1. The van der Waals surface area contributed by atoms with Crippen LogP contribution in [0.2, 0.25) is 0 Å². The number of hydrogen-bond donors (Lipinski definition) is 2. The number of aliphatic hydroxyl groups is 1. The maximum Gasteiger partial charge on any atom is 0.240 e. The quantitative estimate of drug-likeness (QED) is 0.714. The molecule has 0 aromatic heterocycles. The van der Waals surface area contributed by atoms with Gasteiger partial charge < -0.3 is 5.11 Å². The topological polar surface area (TPSA) is 52.6 Å². The second kappa shape index (κ2) is 3.67. The lowest BCUT2D eigenvalue weighted by atomic mass is 10.2. The van der Waals surface area contributed by atoms with Crippen molar-refractivity contribution in [1.82, 2.24) is 5.43 Å². The molecule has 1 aromatic carbocycles. The van der Waals surface area contributed by atoms with E-state index in [0.29, 0.717) is 13.0 Å². The molecule has 1 aromatic rings. The van der Waals surface area contributed by atoms with Crippen molar-refractivity contribution in [2.24, 2.45) is 0 Å². The van der Waals surface area contributed by atoms with Crippen LogP contribution in [-0.4, -0.2) is 17.6 Å². The zero-order valence-corrected chi connectivity index (χ0v) is 7.73. The second-order valence-corrected chi connectivity index (χ2v) is 3.22. The monoisotopic (exact) mass is 192 g/mol. The van der Waals surface area contributed by atoms with Gasteiger partial charge >= 0.3 is 0 Å². The summed E-state index contributed by atoms with van der Waals surface area (Å²) < 4.78 is 0. The van der Waals surface area contributed by atoms with Crippen molar-refractivity contribution in [1.29, 1.82) is 0 Å². The molecule has 1 saturated heterocycles. The predicted molar refractivity (Wildman–Crippen MR) is 52.5 cm³/mol. The number of rotatable bonds is 2. The average Bonchev–Trinajstić information content (AvgIpc) is 2.65. The molecule has 1 fully saturated rings. The molecular weight excluding hydrogens is 180 g/mol. The third-order valence-electron chi connectivity index (χ3n) is 2.27. The Hall–Kier alpha value is -1.55. The van der Waals surface area contributed by atoms with Crippen molar-refractivity contribution in [3.05, 3.63) is 29.8 Å². The van der Waals surface area contributed by atoms with Crippen LogP contribution < -0.4 is 10.4 Å². The smallest absolute Gasteiger partial charge is 0.240 e. The second-order valence-electron chi connectivity index (χ2n) is 3.22. The van der Waals surface area contributed by atoms with Gasteiger partial charge in [-0.05, 0) is 6.07 Å². The molecule has 74 valence electrons. The normalized spacial score (nSPS) is 15.8. The summed E-state index contributed by atoms with van der Waals surface area (Å²) >= 11 is 0. The molecule has 0 aliphatic carbocycles. The Balaban J connectivity index is 2.27. The van der Waals surface area contributed by atoms with Gasteiger partial charge in [0.15, 0.2) is 0 Å². The van der Waals surface area contributed by atoms with Crippen LogP contribution in [0.5, 0.6) is 0 Å². The molecule has 0 radical (unpaired) electrons. The zero-order chi connectivity index (χ0) is 9.97. The lowest BCUT2D eigenvalue weighted by Gasteiger charge is -2.19. The Morgan fingerprint density at radius 3 is 2.86 bits per heavy atom. The fourth-order valence-corrected chi connectivity index (χ4v) is 1.56. The number of anilines is 1. The average molecular weight is 192 g/mol. The molecule has 4 nitrogen and oxygen atoms in total. The van der Waals surface area contributed by atoms with E-state index >= 15 is 0 Å². The first-order chi connectivity index (χ1) is 6.81. The summed E-state index contributed by atoms with van der Waals surface area (Å²) in [5.74, 6) is 0.0257. The molecular formula is C10H12N2O2. The van der Waals surface area contributed by atoms with Crippen molar-refractivity contribution < 1.29 is 9.90 Å². The van der Waals surface area contributed by atoms with Crippen molar-refractivity contribution in [3.63, 3.8) is 0 Å². The molecule has 0 spiro atoms. The van der Waals surface area contributed by atoms with Gasteiger partial charge in [0.2, 0.25) is 5.91 Å². The van der Waals surface area contributed by atoms with Crippen LogP contribution in [0.15, 0.2) is 24.3 Å². The maximum absolute atomic E-state index is 11.0. The number of nitrogens with one attached hydrogen (secondary N) is 1. The van der Waals surface area contributed by atoms with Gasteiger partial charge in [-0.15, -0.1) is 0 Å². The van der Waals surface area contributed by atoms with Crippen molar-refractivity contribution >= 4 is 11.6 Å². The fourth-order valence-electron chi connectivity index (χ4n) is 1.56. The van der Waals surface area contributed by atoms with Gasteiger partial charge in [-0.1, -0.05) is 18.2 Å². The highest BCUT2D eigenvalue weighted by molar-refractivity contribution is 5.81. The van der Waals surface area contributed by atoms with Crippen molar-refractivity contribution in [3.8, 4) is 0 Å². The summed E-state index contributed by atoms with van der Waals surface area (Å²) in [6, 6.07) is 7.49. The van der Waals surface area contributed by atoms with Gasteiger partial charge in [0.1, 0.15) is 0 Å². The Bertz CT molecular complexity index is 352. The molecule has 1 aliphatic rings. The zero-order valence-electron chi connectivity index (χ0n) is 7.73. The standard InChI is InChI=1S/C10H12N2O2/c13-7-8-3-1-2-4-9(8)12-6-5-10(14)11-12/h1-4,13H,5-7H2,(H,11,14). The first-order valence-electron chi connectivity index (χ1n) is 4.57. The van der Waals surface area contributed by atoms with Gasteiger partial charge in [-0.25, -0.2) is 0 Å². The van der Waals surface area contributed by atoms with E-state index in [1.165, 1.54) is 0 Å². The van der Waals surface area contributed by atoms with E-state index in [1.807, 2.05) is 24.3 Å². The Kier molecular flexibility index (Phi) is 2.37. The van der Waals surface area contributed by atoms with Gasteiger partial charge in [0, 0.05) is 18.5 Å². The highest BCUT2D eigenvalue weighted by Gasteiger charge is 2.19. The Morgan fingerprint density at radius 1 is 1.43 bits per heavy atom. The minimum Gasteiger partial charge on any atom is -0.392 e. The number of hydrogen-bond acceptors (Lipinski definition) is 3. The summed E-state index contributed by atoms with van der Waals surface area (Å²) in [6.07, 6.45) is 0.514. The summed E-state index contributed by atoms with van der Waals surface area (Å²) in [7, 11) is 0. The highest BCUT2D eigenvalue weighted by Crippen LogP contribution is 2.20. The van der Waals surface area contributed by atoms with Crippen LogP contribution in [0.25, 0.3) is 0 Å². The van der Waals surface area contributed by atoms with Gasteiger partial charge in [-0.3, -0.25) is 15.2 Å². The number of amides is 1. The van der Waals surface area contributed by atoms with E-state index in [2.05, 4.69) is 5.43 Å². The third kappa shape index (κ3) is 1.56. The van der Waals surface area contributed by atoms with Crippen LogP contribution in [0.1, 0.15) is 12.0 Å².